The minimum Gasteiger partial charge on any atom is -0.396 e. The molecule has 0 aliphatic carbocycles. The number of sulfonamides is 1. The number of aliphatic hydroxyl groups excluding tert-OH is 1. The van der Waals surface area contributed by atoms with Gasteiger partial charge in [-0.25, -0.2) is 22.5 Å². The standard InChI is InChI=1S/C10H15FN2O3S/c11-9-5-4-6-12-10(9)17(15,16)13-7-2-1-3-8-14/h4-6,13-14H,1-3,7-8H2. The number of pyridine rings is 1. The van der Waals surface area contributed by atoms with Crippen LogP contribution < -0.4 is 4.72 Å². The van der Waals surface area contributed by atoms with Gasteiger partial charge in [0.05, 0.1) is 0 Å². The maximum absolute atomic E-state index is 13.2. The van der Waals surface area contributed by atoms with Crippen LogP contribution in [0.3, 0.4) is 0 Å². The molecule has 0 aliphatic rings. The van der Waals surface area contributed by atoms with E-state index in [0.717, 1.165) is 6.07 Å². The summed E-state index contributed by atoms with van der Waals surface area (Å²) in [6, 6.07) is 2.38. The number of hydrogen-bond donors (Lipinski definition) is 2. The van der Waals surface area contributed by atoms with Crippen molar-refractivity contribution >= 4 is 10.0 Å². The number of unbranched alkanes of at least 4 members (excludes halogenated alkanes) is 2. The van der Waals surface area contributed by atoms with Crippen molar-refractivity contribution in [3.05, 3.63) is 24.1 Å². The van der Waals surface area contributed by atoms with Crippen LogP contribution in [0.1, 0.15) is 19.3 Å². The molecule has 0 amide bonds. The van der Waals surface area contributed by atoms with Gasteiger partial charge in [0.25, 0.3) is 10.0 Å². The van der Waals surface area contributed by atoms with Gasteiger partial charge in [-0.05, 0) is 31.4 Å². The first-order valence-electron chi connectivity index (χ1n) is 5.29. The second kappa shape index (κ2) is 6.63. The van der Waals surface area contributed by atoms with Crippen molar-refractivity contribution in [3.63, 3.8) is 0 Å². The predicted octanol–water partition coefficient (Wildman–Crippen LogP) is 0.662. The molecule has 96 valence electrons. The molecule has 0 aliphatic heterocycles. The molecule has 5 nitrogen and oxygen atoms in total. The maximum Gasteiger partial charge on any atom is 0.261 e. The van der Waals surface area contributed by atoms with Crippen LogP contribution in [0, 0.1) is 5.82 Å². The van der Waals surface area contributed by atoms with Crippen molar-refractivity contribution in [3.8, 4) is 0 Å². The lowest BCUT2D eigenvalue weighted by Crippen LogP contribution is -2.26. The van der Waals surface area contributed by atoms with E-state index in [1.807, 2.05) is 0 Å². The van der Waals surface area contributed by atoms with Gasteiger partial charge in [0, 0.05) is 19.3 Å². The third-order valence-electron chi connectivity index (χ3n) is 2.11. The molecule has 17 heavy (non-hydrogen) atoms. The highest BCUT2D eigenvalue weighted by atomic mass is 32.2. The van der Waals surface area contributed by atoms with Crippen LogP contribution in [0.2, 0.25) is 0 Å². The third-order valence-corrected chi connectivity index (χ3v) is 3.50. The molecule has 0 aromatic carbocycles. The molecule has 0 fully saturated rings. The first kappa shape index (κ1) is 14.0. The lowest BCUT2D eigenvalue weighted by atomic mass is 10.2. The molecule has 1 rings (SSSR count). The Labute approximate surface area is 99.7 Å². The van der Waals surface area contributed by atoms with Crippen molar-refractivity contribution in [2.45, 2.75) is 24.3 Å². The molecule has 0 atom stereocenters. The normalized spacial score (nSPS) is 11.6. The van der Waals surface area contributed by atoms with Crippen molar-refractivity contribution in [2.24, 2.45) is 0 Å². The molecule has 0 saturated carbocycles. The lowest BCUT2D eigenvalue weighted by molar-refractivity contribution is 0.283. The van der Waals surface area contributed by atoms with Gasteiger partial charge in [0.1, 0.15) is 0 Å². The van der Waals surface area contributed by atoms with Crippen LogP contribution in [0.5, 0.6) is 0 Å². The Bertz CT molecular complexity index is 451. The van der Waals surface area contributed by atoms with E-state index in [1.165, 1.54) is 12.3 Å². The first-order valence-corrected chi connectivity index (χ1v) is 6.77. The van der Waals surface area contributed by atoms with Crippen molar-refractivity contribution in [2.75, 3.05) is 13.2 Å². The fourth-order valence-corrected chi connectivity index (χ4v) is 2.33. The van der Waals surface area contributed by atoms with E-state index in [-0.39, 0.29) is 13.2 Å². The number of aromatic nitrogens is 1. The van der Waals surface area contributed by atoms with Gasteiger partial charge < -0.3 is 5.11 Å². The number of nitrogens with one attached hydrogen (secondary N) is 1. The van der Waals surface area contributed by atoms with Crippen LogP contribution in [0.4, 0.5) is 4.39 Å². The highest BCUT2D eigenvalue weighted by molar-refractivity contribution is 7.89. The maximum atomic E-state index is 13.2. The van der Waals surface area contributed by atoms with Gasteiger partial charge >= 0.3 is 0 Å². The van der Waals surface area contributed by atoms with E-state index in [9.17, 15) is 12.8 Å². The van der Waals surface area contributed by atoms with Crippen molar-refractivity contribution < 1.29 is 17.9 Å². The number of halogens is 1. The molecule has 1 aromatic rings. The minimum atomic E-state index is -3.88. The Balaban J connectivity index is 2.55. The molecule has 0 radical (unpaired) electrons. The summed E-state index contributed by atoms with van der Waals surface area (Å²) in [6.07, 6.45) is 3.15. The summed E-state index contributed by atoms with van der Waals surface area (Å²) in [5, 5.41) is 7.96. The predicted molar refractivity (Wildman–Crippen MR) is 60.3 cm³/mol. The van der Waals surface area contributed by atoms with Gasteiger partial charge in [0.15, 0.2) is 5.82 Å². The van der Waals surface area contributed by atoms with Crippen molar-refractivity contribution in [1.82, 2.24) is 9.71 Å². The molecule has 0 saturated heterocycles. The largest absolute Gasteiger partial charge is 0.396 e. The minimum absolute atomic E-state index is 0.0849. The summed E-state index contributed by atoms with van der Waals surface area (Å²) in [7, 11) is -3.88. The van der Waals surface area contributed by atoms with E-state index >= 15 is 0 Å². The fourth-order valence-electron chi connectivity index (χ4n) is 1.26. The van der Waals surface area contributed by atoms with E-state index in [2.05, 4.69) is 9.71 Å². The second-order valence-electron chi connectivity index (χ2n) is 3.47. The highest BCUT2D eigenvalue weighted by Crippen LogP contribution is 2.09. The van der Waals surface area contributed by atoms with E-state index in [1.54, 1.807) is 0 Å². The summed E-state index contributed by atoms with van der Waals surface area (Å²) in [5.41, 5.74) is 0. The molecular formula is C10H15FN2O3S. The molecule has 0 spiro atoms. The molecule has 1 heterocycles. The van der Waals surface area contributed by atoms with E-state index in [0.29, 0.717) is 19.3 Å². The summed E-state index contributed by atoms with van der Waals surface area (Å²) < 4.78 is 38.7. The number of aliphatic hydroxyl groups is 1. The van der Waals surface area contributed by atoms with Crippen LogP contribution in [-0.4, -0.2) is 31.7 Å². The number of hydrogen-bond acceptors (Lipinski definition) is 4. The number of nitrogens with zero attached hydrogens (tertiary/aromatic N) is 1. The highest BCUT2D eigenvalue weighted by Gasteiger charge is 2.19. The van der Waals surface area contributed by atoms with Gasteiger partial charge in [0.2, 0.25) is 5.03 Å². The number of rotatable bonds is 7. The molecule has 1 aromatic heterocycles. The van der Waals surface area contributed by atoms with Gasteiger partial charge in [-0.3, -0.25) is 0 Å². The quantitative estimate of drug-likeness (QED) is 0.708. The smallest absolute Gasteiger partial charge is 0.261 e. The average molecular weight is 262 g/mol. The molecule has 7 heteroatoms. The first-order chi connectivity index (χ1) is 8.08. The molecular weight excluding hydrogens is 247 g/mol. The zero-order valence-electron chi connectivity index (χ0n) is 9.26. The molecule has 0 unspecified atom stereocenters. The molecule has 2 N–H and O–H groups in total. The lowest BCUT2D eigenvalue weighted by Gasteiger charge is -2.06. The van der Waals surface area contributed by atoms with Crippen molar-refractivity contribution in [1.29, 1.82) is 0 Å². The zero-order chi connectivity index (χ0) is 12.7. The monoisotopic (exact) mass is 262 g/mol. The van der Waals surface area contributed by atoms with E-state index in [4.69, 9.17) is 5.11 Å². The van der Waals surface area contributed by atoms with Crippen LogP contribution in [-0.2, 0) is 10.0 Å². The van der Waals surface area contributed by atoms with Crippen LogP contribution >= 0.6 is 0 Å². The Morgan fingerprint density at radius 3 is 2.76 bits per heavy atom. The third kappa shape index (κ3) is 4.37. The Kier molecular flexibility index (Phi) is 5.46. The van der Waals surface area contributed by atoms with Crippen LogP contribution in [0.25, 0.3) is 0 Å². The van der Waals surface area contributed by atoms with E-state index < -0.39 is 20.9 Å². The summed E-state index contributed by atoms with van der Waals surface area (Å²) in [4.78, 5) is 3.50. The van der Waals surface area contributed by atoms with Gasteiger partial charge in [-0.1, -0.05) is 0 Å². The topological polar surface area (TPSA) is 79.3 Å². The van der Waals surface area contributed by atoms with Crippen LogP contribution in [0.15, 0.2) is 23.4 Å². The SMILES string of the molecule is O=S(=O)(NCCCCCO)c1ncccc1F. The zero-order valence-corrected chi connectivity index (χ0v) is 10.1. The summed E-state index contributed by atoms with van der Waals surface area (Å²) in [6.45, 7) is 0.292. The van der Waals surface area contributed by atoms with Gasteiger partial charge in [-0.2, -0.15) is 0 Å². The second-order valence-corrected chi connectivity index (χ2v) is 5.15. The fraction of sp³-hybridized carbons (Fsp3) is 0.500. The summed E-state index contributed by atoms with van der Waals surface area (Å²) in [5.74, 6) is -0.865. The Morgan fingerprint density at radius 2 is 2.12 bits per heavy atom. The average Bonchev–Trinajstić information content (AvgIpc) is 2.29. The summed E-state index contributed by atoms with van der Waals surface area (Å²) >= 11 is 0. The van der Waals surface area contributed by atoms with Gasteiger partial charge in [-0.15, -0.1) is 0 Å². The Hall–Kier alpha value is -1.05. The Morgan fingerprint density at radius 1 is 1.35 bits per heavy atom. The molecule has 0 bridgehead atoms.